The maximum absolute atomic E-state index is 12.9. The Labute approximate surface area is 165 Å². The molecule has 1 aliphatic carbocycles. The topological polar surface area (TPSA) is 82.6 Å². The summed E-state index contributed by atoms with van der Waals surface area (Å²) in [6.45, 7) is 2.66. The van der Waals surface area contributed by atoms with Crippen molar-refractivity contribution >= 4 is 23.5 Å². The fraction of sp³-hybridized carbons (Fsp3) is 0.619. The van der Waals surface area contributed by atoms with Gasteiger partial charge >= 0.3 is 0 Å². The molecule has 7 heteroatoms. The van der Waals surface area contributed by atoms with Crippen LogP contribution in [0.1, 0.15) is 38.5 Å². The molecular formula is C21H28N4O3. The first-order valence-electron chi connectivity index (χ1n) is 10.4. The number of amides is 3. The summed E-state index contributed by atoms with van der Waals surface area (Å²) >= 11 is 0. The van der Waals surface area contributed by atoms with Crippen molar-refractivity contribution in [3.05, 3.63) is 24.4 Å². The second kappa shape index (κ2) is 8.29. The lowest BCUT2D eigenvalue weighted by Crippen LogP contribution is -2.47. The standard InChI is InChI=1S/C21H28N4O3/c26-19(23-18-3-1-2-10-22-18)15-6-11-24(12-7-15)21(28)17-8-13-25(14-9-17)20(27)16-4-5-16/h1-3,10,15-17H,4-9,11-14H2,(H,22,23,26). The van der Waals surface area contributed by atoms with Crippen LogP contribution in [0.15, 0.2) is 24.4 Å². The fourth-order valence-electron chi connectivity index (χ4n) is 4.22. The Balaban J connectivity index is 1.22. The van der Waals surface area contributed by atoms with Gasteiger partial charge in [-0.3, -0.25) is 14.4 Å². The molecule has 0 spiro atoms. The van der Waals surface area contributed by atoms with Crippen LogP contribution in [0.5, 0.6) is 0 Å². The molecule has 2 aliphatic heterocycles. The van der Waals surface area contributed by atoms with E-state index >= 15 is 0 Å². The van der Waals surface area contributed by atoms with Gasteiger partial charge in [0.25, 0.3) is 0 Å². The zero-order valence-electron chi connectivity index (χ0n) is 16.2. The van der Waals surface area contributed by atoms with Crippen LogP contribution in [0.3, 0.4) is 0 Å². The third-order valence-corrected chi connectivity index (χ3v) is 6.18. The maximum Gasteiger partial charge on any atom is 0.228 e. The lowest BCUT2D eigenvalue weighted by atomic mass is 9.91. The molecule has 1 N–H and O–H groups in total. The van der Waals surface area contributed by atoms with E-state index in [0.29, 0.717) is 44.8 Å². The summed E-state index contributed by atoms with van der Waals surface area (Å²) in [6, 6.07) is 5.43. The number of carbonyl (C=O) groups excluding carboxylic acids is 3. The molecule has 3 amide bonds. The van der Waals surface area contributed by atoms with E-state index in [4.69, 9.17) is 0 Å². The molecule has 0 unspecified atom stereocenters. The maximum atomic E-state index is 12.9. The van der Waals surface area contributed by atoms with E-state index in [1.54, 1.807) is 12.3 Å². The average Bonchev–Trinajstić information content (AvgIpc) is 3.59. The van der Waals surface area contributed by atoms with Crippen LogP contribution >= 0.6 is 0 Å². The summed E-state index contributed by atoms with van der Waals surface area (Å²) in [7, 11) is 0. The molecule has 1 aromatic heterocycles. The van der Waals surface area contributed by atoms with E-state index in [1.807, 2.05) is 21.9 Å². The predicted molar refractivity (Wildman–Crippen MR) is 104 cm³/mol. The number of hydrogen-bond acceptors (Lipinski definition) is 4. The Morgan fingerprint density at radius 1 is 0.786 bits per heavy atom. The molecule has 0 aromatic carbocycles. The van der Waals surface area contributed by atoms with Gasteiger partial charge < -0.3 is 15.1 Å². The number of piperidine rings is 2. The highest BCUT2D eigenvalue weighted by Crippen LogP contribution is 2.33. The number of likely N-dealkylation sites (tertiary alicyclic amines) is 2. The van der Waals surface area contributed by atoms with Crippen LogP contribution in [0.25, 0.3) is 0 Å². The molecule has 4 rings (SSSR count). The third kappa shape index (κ3) is 4.34. The number of carbonyl (C=O) groups is 3. The predicted octanol–water partition coefficient (Wildman–Crippen LogP) is 1.91. The van der Waals surface area contributed by atoms with Crippen molar-refractivity contribution in [2.75, 3.05) is 31.5 Å². The molecule has 7 nitrogen and oxygen atoms in total. The molecule has 150 valence electrons. The summed E-state index contributed by atoms with van der Waals surface area (Å²) in [5.41, 5.74) is 0. The molecule has 2 saturated heterocycles. The lowest BCUT2D eigenvalue weighted by Gasteiger charge is -2.37. The summed E-state index contributed by atoms with van der Waals surface area (Å²) in [5.74, 6) is 1.22. The van der Waals surface area contributed by atoms with E-state index in [2.05, 4.69) is 10.3 Å². The molecule has 3 fully saturated rings. The Morgan fingerprint density at radius 3 is 1.82 bits per heavy atom. The summed E-state index contributed by atoms with van der Waals surface area (Å²) < 4.78 is 0. The number of nitrogens with one attached hydrogen (secondary N) is 1. The molecular weight excluding hydrogens is 356 g/mol. The van der Waals surface area contributed by atoms with E-state index in [1.165, 1.54) is 0 Å². The van der Waals surface area contributed by atoms with Crippen molar-refractivity contribution in [1.82, 2.24) is 14.8 Å². The number of pyridine rings is 1. The Morgan fingerprint density at radius 2 is 1.32 bits per heavy atom. The lowest BCUT2D eigenvalue weighted by molar-refractivity contribution is -0.142. The number of anilines is 1. The van der Waals surface area contributed by atoms with Gasteiger partial charge in [0.05, 0.1) is 0 Å². The van der Waals surface area contributed by atoms with Gasteiger partial charge in [-0.2, -0.15) is 0 Å². The Hall–Kier alpha value is -2.44. The van der Waals surface area contributed by atoms with Gasteiger partial charge in [-0.05, 0) is 50.7 Å². The highest BCUT2D eigenvalue weighted by Gasteiger charge is 2.37. The zero-order chi connectivity index (χ0) is 19.5. The number of aromatic nitrogens is 1. The monoisotopic (exact) mass is 384 g/mol. The van der Waals surface area contributed by atoms with Gasteiger partial charge in [-0.15, -0.1) is 0 Å². The van der Waals surface area contributed by atoms with E-state index in [9.17, 15) is 14.4 Å². The van der Waals surface area contributed by atoms with E-state index < -0.39 is 0 Å². The highest BCUT2D eigenvalue weighted by molar-refractivity contribution is 5.92. The van der Waals surface area contributed by atoms with E-state index in [-0.39, 0.29) is 35.5 Å². The SMILES string of the molecule is O=C(Nc1ccccn1)C1CCN(C(=O)C2CCN(C(=O)C3CC3)CC2)CC1. The van der Waals surface area contributed by atoms with Crippen LogP contribution in [0.2, 0.25) is 0 Å². The first kappa shape index (κ1) is 18.9. The number of rotatable bonds is 4. The fourth-order valence-corrected chi connectivity index (χ4v) is 4.22. The molecule has 0 radical (unpaired) electrons. The summed E-state index contributed by atoms with van der Waals surface area (Å²) in [5, 5.41) is 2.86. The van der Waals surface area contributed by atoms with Gasteiger partial charge in [-0.1, -0.05) is 6.07 Å². The molecule has 1 saturated carbocycles. The Bertz CT molecular complexity index is 718. The average molecular weight is 384 g/mol. The molecule has 1 aromatic rings. The normalized spacial score (nSPS) is 21.4. The quantitative estimate of drug-likeness (QED) is 0.860. The molecule has 0 atom stereocenters. The first-order chi connectivity index (χ1) is 13.6. The van der Waals surface area contributed by atoms with Crippen LogP contribution in [0, 0.1) is 17.8 Å². The van der Waals surface area contributed by atoms with Gasteiger partial charge in [0.1, 0.15) is 5.82 Å². The smallest absolute Gasteiger partial charge is 0.228 e. The largest absolute Gasteiger partial charge is 0.342 e. The number of hydrogen-bond donors (Lipinski definition) is 1. The molecule has 3 aliphatic rings. The summed E-state index contributed by atoms with van der Waals surface area (Å²) in [6.07, 6.45) is 6.60. The van der Waals surface area contributed by atoms with Gasteiger partial charge in [0, 0.05) is 50.1 Å². The van der Waals surface area contributed by atoms with Crippen LogP contribution in [-0.4, -0.2) is 58.7 Å². The van der Waals surface area contributed by atoms with Crippen molar-refractivity contribution in [3.8, 4) is 0 Å². The van der Waals surface area contributed by atoms with Crippen molar-refractivity contribution in [1.29, 1.82) is 0 Å². The van der Waals surface area contributed by atoms with Gasteiger partial charge in [-0.25, -0.2) is 4.98 Å². The van der Waals surface area contributed by atoms with Crippen molar-refractivity contribution < 1.29 is 14.4 Å². The first-order valence-corrected chi connectivity index (χ1v) is 10.4. The van der Waals surface area contributed by atoms with Crippen molar-refractivity contribution in [2.45, 2.75) is 38.5 Å². The second-order valence-electron chi connectivity index (χ2n) is 8.18. The molecule has 3 heterocycles. The van der Waals surface area contributed by atoms with Gasteiger partial charge in [0.15, 0.2) is 0 Å². The van der Waals surface area contributed by atoms with E-state index in [0.717, 1.165) is 25.7 Å². The van der Waals surface area contributed by atoms with Crippen molar-refractivity contribution in [2.24, 2.45) is 17.8 Å². The second-order valence-corrected chi connectivity index (χ2v) is 8.18. The molecule has 28 heavy (non-hydrogen) atoms. The minimum Gasteiger partial charge on any atom is -0.342 e. The minimum absolute atomic E-state index is 0.0159. The van der Waals surface area contributed by atoms with Gasteiger partial charge in [0.2, 0.25) is 17.7 Å². The Kier molecular flexibility index (Phi) is 5.59. The van der Waals surface area contributed by atoms with Crippen molar-refractivity contribution in [3.63, 3.8) is 0 Å². The molecule has 0 bridgehead atoms. The van der Waals surface area contributed by atoms with Crippen LogP contribution in [-0.2, 0) is 14.4 Å². The number of nitrogens with zero attached hydrogens (tertiary/aromatic N) is 3. The van der Waals surface area contributed by atoms with Crippen LogP contribution in [0.4, 0.5) is 5.82 Å². The van der Waals surface area contributed by atoms with Crippen LogP contribution < -0.4 is 5.32 Å². The summed E-state index contributed by atoms with van der Waals surface area (Å²) in [4.78, 5) is 45.4. The highest BCUT2D eigenvalue weighted by atomic mass is 16.2. The zero-order valence-corrected chi connectivity index (χ0v) is 16.2. The third-order valence-electron chi connectivity index (χ3n) is 6.18. The minimum atomic E-state index is -0.0796.